The van der Waals surface area contributed by atoms with Crippen LogP contribution in [-0.4, -0.2) is 26.3 Å². The van der Waals surface area contributed by atoms with Crippen molar-refractivity contribution in [3.8, 4) is 22.5 Å². The van der Waals surface area contributed by atoms with E-state index in [4.69, 9.17) is 0 Å². The lowest BCUT2D eigenvalue weighted by Crippen LogP contribution is -2.00. The lowest BCUT2D eigenvalue weighted by Gasteiger charge is -2.06. The number of nitrogens with one attached hydrogen (secondary N) is 1. The highest BCUT2D eigenvalue weighted by Gasteiger charge is 2.19. The maximum Gasteiger partial charge on any atom is 0.336 e. The Kier molecular flexibility index (Phi) is 3.97. The summed E-state index contributed by atoms with van der Waals surface area (Å²) in [6, 6.07) is 19.1. The smallest absolute Gasteiger partial charge is 0.336 e. The molecule has 4 rings (SSSR count). The van der Waals surface area contributed by atoms with Crippen LogP contribution >= 0.6 is 0 Å². The van der Waals surface area contributed by atoms with Gasteiger partial charge >= 0.3 is 5.97 Å². The third-order valence-electron chi connectivity index (χ3n) is 4.47. The highest BCUT2D eigenvalue weighted by Crippen LogP contribution is 2.31. The zero-order valence-corrected chi connectivity index (χ0v) is 14.2. The van der Waals surface area contributed by atoms with Crippen LogP contribution in [0.5, 0.6) is 0 Å². The Balaban J connectivity index is 1.92. The van der Waals surface area contributed by atoms with Gasteiger partial charge in [0.15, 0.2) is 5.65 Å². The molecule has 0 atom stereocenters. The molecule has 0 aliphatic rings. The molecule has 2 heterocycles. The van der Waals surface area contributed by atoms with Gasteiger partial charge in [0.25, 0.3) is 0 Å². The van der Waals surface area contributed by atoms with Crippen molar-refractivity contribution < 1.29 is 9.90 Å². The first-order valence-corrected chi connectivity index (χ1v) is 8.44. The van der Waals surface area contributed by atoms with E-state index in [-0.39, 0.29) is 5.56 Å². The average molecular weight is 343 g/mol. The van der Waals surface area contributed by atoms with Crippen molar-refractivity contribution in [1.82, 2.24) is 15.2 Å². The third kappa shape index (κ3) is 2.73. The van der Waals surface area contributed by atoms with Crippen molar-refractivity contribution in [2.24, 2.45) is 0 Å². The molecule has 0 saturated carbocycles. The van der Waals surface area contributed by atoms with Gasteiger partial charge in [-0.2, -0.15) is 5.10 Å². The Bertz CT molecular complexity index is 1080. The van der Waals surface area contributed by atoms with Crippen LogP contribution < -0.4 is 0 Å². The molecule has 0 fully saturated rings. The number of rotatable bonds is 4. The van der Waals surface area contributed by atoms with E-state index in [2.05, 4.69) is 22.1 Å². The largest absolute Gasteiger partial charge is 0.478 e. The summed E-state index contributed by atoms with van der Waals surface area (Å²) >= 11 is 0. The molecule has 0 unspecified atom stereocenters. The van der Waals surface area contributed by atoms with Crippen molar-refractivity contribution >= 4 is 17.0 Å². The van der Waals surface area contributed by atoms with Crippen LogP contribution in [0.4, 0.5) is 0 Å². The van der Waals surface area contributed by atoms with Crippen LogP contribution in [0.3, 0.4) is 0 Å². The number of benzene rings is 2. The second-order valence-electron chi connectivity index (χ2n) is 6.07. The van der Waals surface area contributed by atoms with E-state index in [0.717, 1.165) is 17.5 Å². The summed E-state index contributed by atoms with van der Waals surface area (Å²) in [7, 11) is 0. The number of nitrogens with zero attached hydrogens (tertiary/aromatic N) is 2. The number of carbonyl (C=O) groups is 1. The van der Waals surface area contributed by atoms with E-state index in [9.17, 15) is 9.90 Å². The Morgan fingerprint density at radius 2 is 1.77 bits per heavy atom. The van der Waals surface area contributed by atoms with Crippen LogP contribution in [0.2, 0.25) is 0 Å². The molecule has 5 heteroatoms. The fourth-order valence-corrected chi connectivity index (χ4v) is 3.07. The van der Waals surface area contributed by atoms with Crippen LogP contribution in [-0.2, 0) is 6.42 Å². The number of carboxylic acid groups (broad SMARTS) is 1. The van der Waals surface area contributed by atoms with E-state index in [1.54, 1.807) is 6.07 Å². The van der Waals surface area contributed by atoms with Crippen molar-refractivity contribution in [2.45, 2.75) is 13.3 Å². The highest BCUT2D eigenvalue weighted by molar-refractivity contribution is 6.08. The van der Waals surface area contributed by atoms with E-state index >= 15 is 0 Å². The SMILES string of the molecule is CCc1ccc(-c2cc(C(=O)O)c3c(-c4ccccc4)[nH]nc3n2)cc1. The molecule has 0 amide bonds. The quantitative estimate of drug-likeness (QED) is 0.570. The predicted molar refractivity (Wildman–Crippen MR) is 101 cm³/mol. The summed E-state index contributed by atoms with van der Waals surface area (Å²) in [4.78, 5) is 16.5. The molecule has 2 N–H and O–H groups in total. The van der Waals surface area contributed by atoms with Gasteiger partial charge in [0, 0.05) is 11.1 Å². The lowest BCUT2D eigenvalue weighted by atomic mass is 10.0. The second-order valence-corrected chi connectivity index (χ2v) is 6.07. The van der Waals surface area contributed by atoms with Crippen molar-refractivity contribution in [1.29, 1.82) is 0 Å². The molecule has 0 radical (unpaired) electrons. The molecule has 0 aliphatic heterocycles. The summed E-state index contributed by atoms with van der Waals surface area (Å²) in [5.74, 6) is -0.998. The molecule has 5 nitrogen and oxygen atoms in total. The van der Waals surface area contributed by atoms with E-state index in [1.165, 1.54) is 5.56 Å². The molecule has 0 aliphatic carbocycles. The van der Waals surface area contributed by atoms with Crippen LogP contribution in [0.25, 0.3) is 33.5 Å². The van der Waals surface area contributed by atoms with E-state index < -0.39 is 5.97 Å². The van der Waals surface area contributed by atoms with Crippen LogP contribution in [0.15, 0.2) is 60.7 Å². The Hall–Kier alpha value is -3.47. The lowest BCUT2D eigenvalue weighted by molar-refractivity contribution is 0.0699. The number of H-pyrrole nitrogens is 1. The standard InChI is InChI=1S/C21H17N3O2/c1-2-13-8-10-14(11-9-13)17-12-16(21(25)26)18-19(23-24-20(18)22-17)15-6-4-3-5-7-15/h3-12H,2H2,1H3,(H,25,26)(H,22,23,24). The monoisotopic (exact) mass is 343 g/mol. The first kappa shape index (κ1) is 16.0. The molecule has 4 aromatic rings. The topological polar surface area (TPSA) is 78.9 Å². The van der Waals surface area contributed by atoms with Gasteiger partial charge in [0.1, 0.15) is 0 Å². The van der Waals surface area contributed by atoms with E-state index in [0.29, 0.717) is 22.4 Å². The minimum Gasteiger partial charge on any atom is -0.478 e. The second kappa shape index (κ2) is 6.44. The number of hydrogen-bond acceptors (Lipinski definition) is 3. The van der Waals surface area contributed by atoms with Gasteiger partial charge in [-0.05, 0) is 18.1 Å². The maximum atomic E-state index is 11.9. The summed E-state index contributed by atoms with van der Waals surface area (Å²) < 4.78 is 0. The van der Waals surface area contributed by atoms with Gasteiger partial charge in [-0.25, -0.2) is 9.78 Å². The van der Waals surface area contributed by atoms with Crippen molar-refractivity contribution in [3.05, 3.63) is 71.8 Å². The van der Waals surface area contributed by atoms with Gasteiger partial charge in [-0.15, -0.1) is 0 Å². The molecule has 0 saturated heterocycles. The summed E-state index contributed by atoms with van der Waals surface area (Å²) in [6.07, 6.45) is 0.951. The molecular formula is C21H17N3O2. The summed E-state index contributed by atoms with van der Waals surface area (Å²) in [5, 5.41) is 17.5. The molecule has 128 valence electrons. The molecule has 2 aromatic carbocycles. The average Bonchev–Trinajstić information content (AvgIpc) is 3.12. The summed E-state index contributed by atoms with van der Waals surface area (Å²) in [6.45, 7) is 2.09. The number of fused-ring (bicyclic) bond motifs is 1. The minimum atomic E-state index is -0.998. The molecule has 0 bridgehead atoms. The first-order valence-electron chi connectivity index (χ1n) is 8.44. The van der Waals surface area contributed by atoms with Crippen LogP contribution in [0, 0.1) is 0 Å². The maximum absolute atomic E-state index is 11.9. The minimum absolute atomic E-state index is 0.192. The number of carboxylic acids is 1. The number of aryl methyl sites for hydroxylation is 1. The van der Waals surface area contributed by atoms with Gasteiger partial charge in [-0.3, -0.25) is 5.10 Å². The normalized spacial score (nSPS) is 11.0. The van der Waals surface area contributed by atoms with Crippen molar-refractivity contribution in [3.63, 3.8) is 0 Å². The third-order valence-corrected chi connectivity index (χ3v) is 4.47. The number of hydrogen-bond donors (Lipinski definition) is 2. The van der Waals surface area contributed by atoms with Gasteiger partial charge in [0.2, 0.25) is 0 Å². The fourth-order valence-electron chi connectivity index (χ4n) is 3.07. The fraction of sp³-hybridized carbons (Fsp3) is 0.0952. The van der Waals surface area contributed by atoms with Gasteiger partial charge in [0.05, 0.1) is 22.3 Å². The Morgan fingerprint density at radius 1 is 1.04 bits per heavy atom. The Morgan fingerprint density at radius 3 is 2.42 bits per heavy atom. The van der Waals surface area contributed by atoms with Crippen LogP contribution in [0.1, 0.15) is 22.8 Å². The zero-order valence-electron chi connectivity index (χ0n) is 14.2. The first-order chi connectivity index (χ1) is 12.7. The molecular weight excluding hydrogens is 326 g/mol. The number of aromatic carboxylic acids is 1. The number of pyridine rings is 1. The van der Waals surface area contributed by atoms with E-state index in [1.807, 2.05) is 54.6 Å². The van der Waals surface area contributed by atoms with Gasteiger partial charge < -0.3 is 5.11 Å². The highest BCUT2D eigenvalue weighted by atomic mass is 16.4. The van der Waals surface area contributed by atoms with Gasteiger partial charge in [-0.1, -0.05) is 61.5 Å². The number of aromatic nitrogens is 3. The predicted octanol–water partition coefficient (Wildman–Crippen LogP) is 4.55. The number of aromatic amines is 1. The summed E-state index contributed by atoms with van der Waals surface area (Å²) in [5.41, 5.74) is 4.83. The Labute approximate surface area is 150 Å². The zero-order chi connectivity index (χ0) is 18.1. The molecule has 26 heavy (non-hydrogen) atoms. The van der Waals surface area contributed by atoms with Crippen molar-refractivity contribution in [2.75, 3.05) is 0 Å². The molecule has 2 aromatic heterocycles. The molecule has 0 spiro atoms.